The van der Waals surface area contributed by atoms with Crippen LogP contribution in [0.3, 0.4) is 0 Å². The number of hydrogen-bond donors (Lipinski definition) is 1. The molecule has 150 valence electrons. The summed E-state index contributed by atoms with van der Waals surface area (Å²) in [5.41, 5.74) is 2.16. The summed E-state index contributed by atoms with van der Waals surface area (Å²) in [5.74, 6) is -0.143. The van der Waals surface area contributed by atoms with E-state index in [0.717, 1.165) is 0 Å². The van der Waals surface area contributed by atoms with Crippen LogP contribution in [0.4, 0.5) is 5.69 Å². The minimum Gasteiger partial charge on any atom is -0.345 e. The largest absolute Gasteiger partial charge is 0.345 e. The zero-order valence-electron chi connectivity index (χ0n) is 16.0. The molecule has 3 amide bonds. The Morgan fingerprint density at radius 2 is 1.80 bits per heavy atom. The zero-order chi connectivity index (χ0) is 20.8. The maximum Gasteiger partial charge on any atom is 0.260 e. The number of nitrogens with one attached hydrogen (secondary N) is 1. The molecule has 1 aromatic heterocycles. The number of anilines is 1. The lowest BCUT2D eigenvalue weighted by Gasteiger charge is -2.40. The van der Waals surface area contributed by atoms with Gasteiger partial charge in [0.1, 0.15) is 12.7 Å². The van der Waals surface area contributed by atoms with Crippen molar-refractivity contribution in [2.75, 3.05) is 11.4 Å². The third-order valence-corrected chi connectivity index (χ3v) is 5.20. The summed E-state index contributed by atoms with van der Waals surface area (Å²) in [7, 11) is 0. The molecule has 0 saturated heterocycles. The zero-order valence-corrected chi connectivity index (χ0v) is 16.0. The first-order valence-electron chi connectivity index (χ1n) is 9.43. The number of aryl methyl sites for hydroxylation is 1. The summed E-state index contributed by atoms with van der Waals surface area (Å²) in [6.45, 7) is 1.52. The number of amides is 3. The molecule has 9 nitrogen and oxygen atoms in total. The van der Waals surface area contributed by atoms with Gasteiger partial charge in [-0.15, -0.1) is 0 Å². The van der Waals surface area contributed by atoms with Gasteiger partial charge < -0.3 is 14.7 Å². The molecule has 9 heteroatoms. The van der Waals surface area contributed by atoms with E-state index in [4.69, 9.17) is 4.52 Å². The molecule has 30 heavy (non-hydrogen) atoms. The van der Waals surface area contributed by atoms with E-state index >= 15 is 0 Å². The summed E-state index contributed by atoms with van der Waals surface area (Å²) in [4.78, 5) is 46.0. The predicted octanol–water partition coefficient (Wildman–Crippen LogP) is 1.81. The molecule has 2 aliphatic heterocycles. The standard InChI is InChI=1S/C21H17N5O4/c1-12-23-18(30-24-12)10-22-17(27)11-25-19-13-6-2-3-7-14(13)21(29)26(19)16-9-5-4-8-15(16)20(25)28/h2-9,19H,10-11H2,1H3,(H,22,27)/t19-/m1/s1. The Bertz CT molecular complexity index is 1190. The first kappa shape index (κ1) is 18.0. The smallest absolute Gasteiger partial charge is 0.260 e. The molecular formula is C21H17N5O4. The molecule has 3 heterocycles. The molecule has 0 fully saturated rings. The molecule has 5 rings (SSSR count). The fourth-order valence-corrected chi connectivity index (χ4v) is 3.93. The number of benzene rings is 2. The van der Waals surface area contributed by atoms with E-state index in [0.29, 0.717) is 28.2 Å². The van der Waals surface area contributed by atoms with Crippen molar-refractivity contribution < 1.29 is 18.9 Å². The van der Waals surface area contributed by atoms with Crippen molar-refractivity contribution in [3.63, 3.8) is 0 Å². The SMILES string of the molecule is Cc1noc(CNC(=O)CN2C(=O)c3ccccc3N3C(=O)c4ccccc4[C@H]23)n1. The molecule has 0 unspecified atom stereocenters. The van der Waals surface area contributed by atoms with Gasteiger partial charge in [-0.1, -0.05) is 35.5 Å². The number of rotatable bonds is 4. The molecule has 2 aliphatic rings. The number of fused-ring (bicyclic) bond motifs is 5. The molecule has 0 spiro atoms. The first-order chi connectivity index (χ1) is 14.5. The Labute approximate surface area is 171 Å². The second-order valence-electron chi connectivity index (χ2n) is 7.10. The van der Waals surface area contributed by atoms with Crippen LogP contribution in [0.2, 0.25) is 0 Å². The van der Waals surface area contributed by atoms with Gasteiger partial charge in [-0.3, -0.25) is 19.3 Å². The van der Waals surface area contributed by atoms with E-state index in [-0.39, 0.29) is 30.8 Å². The lowest BCUT2D eigenvalue weighted by molar-refractivity contribution is -0.122. The van der Waals surface area contributed by atoms with Gasteiger partial charge in [-0.2, -0.15) is 4.98 Å². The predicted molar refractivity (Wildman–Crippen MR) is 104 cm³/mol. The van der Waals surface area contributed by atoms with Gasteiger partial charge in [-0.25, -0.2) is 0 Å². The molecule has 1 N–H and O–H groups in total. The third-order valence-electron chi connectivity index (χ3n) is 5.20. The highest BCUT2D eigenvalue weighted by atomic mass is 16.5. The minimum atomic E-state index is -0.674. The average molecular weight is 403 g/mol. The molecule has 0 aliphatic carbocycles. The van der Waals surface area contributed by atoms with Gasteiger partial charge in [0.05, 0.1) is 17.8 Å². The highest BCUT2D eigenvalue weighted by Crippen LogP contribution is 2.44. The van der Waals surface area contributed by atoms with E-state index in [1.807, 2.05) is 12.1 Å². The molecule has 0 radical (unpaired) electrons. The van der Waals surface area contributed by atoms with Crippen LogP contribution in [0.25, 0.3) is 0 Å². The molecule has 0 saturated carbocycles. The van der Waals surface area contributed by atoms with E-state index < -0.39 is 12.1 Å². The normalized spacial score (nSPS) is 16.9. The second-order valence-corrected chi connectivity index (χ2v) is 7.10. The van der Waals surface area contributed by atoms with Crippen molar-refractivity contribution in [3.8, 4) is 0 Å². The lowest BCUT2D eigenvalue weighted by Crippen LogP contribution is -2.51. The number of carbonyl (C=O) groups excluding carboxylic acids is 3. The van der Waals surface area contributed by atoms with Crippen molar-refractivity contribution in [1.82, 2.24) is 20.4 Å². The highest BCUT2D eigenvalue weighted by Gasteiger charge is 2.47. The third kappa shape index (κ3) is 2.74. The van der Waals surface area contributed by atoms with Crippen LogP contribution in [0.15, 0.2) is 53.1 Å². The summed E-state index contributed by atoms with van der Waals surface area (Å²) in [6, 6.07) is 14.1. The number of para-hydroxylation sites is 1. The summed E-state index contributed by atoms with van der Waals surface area (Å²) in [5, 5.41) is 6.36. The van der Waals surface area contributed by atoms with Crippen LogP contribution in [0.5, 0.6) is 0 Å². The van der Waals surface area contributed by atoms with Crippen molar-refractivity contribution in [2.24, 2.45) is 0 Å². The van der Waals surface area contributed by atoms with Crippen molar-refractivity contribution in [2.45, 2.75) is 19.6 Å². The molecule has 0 bridgehead atoms. The Kier molecular flexibility index (Phi) is 4.09. The summed E-state index contributed by atoms with van der Waals surface area (Å²) >= 11 is 0. The summed E-state index contributed by atoms with van der Waals surface area (Å²) < 4.78 is 4.99. The summed E-state index contributed by atoms with van der Waals surface area (Å²) in [6.07, 6.45) is -0.674. The number of hydrogen-bond acceptors (Lipinski definition) is 6. The van der Waals surface area contributed by atoms with E-state index in [1.54, 1.807) is 48.2 Å². The van der Waals surface area contributed by atoms with Gasteiger partial charge >= 0.3 is 0 Å². The van der Waals surface area contributed by atoms with Gasteiger partial charge in [-0.05, 0) is 25.1 Å². The maximum absolute atomic E-state index is 13.3. The first-order valence-corrected chi connectivity index (χ1v) is 9.43. The van der Waals surface area contributed by atoms with Gasteiger partial charge in [0.25, 0.3) is 11.8 Å². The lowest BCUT2D eigenvalue weighted by atomic mass is 10.0. The molecule has 3 aromatic rings. The van der Waals surface area contributed by atoms with Crippen LogP contribution >= 0.6 is 0 Å². The number of aromatic nitrogens is 2. The maximum atomic E-state index is 13.3. The fourth-order valence-electron chi connectivity index (χ4n) is 3.93. The average Bonchev–Trinajstić information content (AvgIpc) is 3.31. The van der Waals surface area contributed by atoms with Gasteiger partial charge in [0.15, 0.2) is 5.82 Å². The van der Waals surface area contributed by atoms with Crippen LogP contribution in [-0.4, -0.2) is 39.3 Å². The van der Waals surface area contributed by atoms with E-state index in [1.165, 1.54) is 4.90 Å². The Balaban J connectivity index is 1.47. The van der Waals surface area contributed by atoms with Gasteiger partial charge in [0, 0.05) is 11.1 Å². The quantitative estimate of drug-likeness (QED) is 0.712. The van der Waals surface area contributed by atoms with Crippen molar-refractivity contribution in [3.05, 3.63) is 76.9 Å². The van der Waals surface area contributed by atoms with Crippen molar-refractivity contribution in [1.29, 1.82) is 0 Å². The van der Waals surface area contributed by atoms with Crippen molar-refractivity contribution >= 4 is 23.4 Å². The van der Waals surface area contributed by atoms with Gasteiger partial charge in [0.2, 0.25) is 11.8 Å². The number of carbonyl (C=O) groups is 3. The Morgan fingerprint density at radius 3 is 2.57 bits per heavy atom. The number of nitrogens with zero attached hydrogens (tertiary/aromatic N) is 4. The van der Waals surface area contributed by atoms with Crippen LogP contribution in [0.1, 0.15) is 44.2 Å². The molecule has 1 atom stereocenters. The fraction of sp³-hybridized carbons (Fsp3) is 0.190. The molecular weight excluding hydrogens is 386 g/mol. The van der Waals surface area contributed by atoms with Crippen LogP contribution in [0, 0.1) is 6.92 Å². The Hall–Kier alpha value is -4.01. The monoisotopic (exact) mass is 403 g/mol. The van der Waals surface area contributed by atoms with Crippen LogP contribution in [-0.2, 0) is 11.3 Å². The highest BCUT2D eigenvalue weighted by molar-refractivity contribution is 6.17. The topological polar surface area (TPSA) is 109 Å². The Morgan fingerprint density at radius 1 is 1.07 bits per heavy atom. The second kappa shape index (κ2) is 6.80. The molecule has 2 aromatic carbocycles. The minimum absolute atomic E-state index is 0.0577. The van der Waals surface area contributed by atoms with E-state index in [9.17, 15) is 14.4 Å². The van der Waals surface area contributed by atoms with E-state index in [2.05, 4.69) is 15.5 Å². The van der Waals surface area contributed by atoms with Crippen LogP contribution < -0.4 is 10.2 Å².